The van der Waals surface area contributed by atoms with Crippen molar-refractivity contribution in [3.05, 3.63) is 80.4 Å². The maximum atomic E-state index is 11.2. The van der Waals surface area contributed by atoms with E-state index in [9.17, 15) is 10.1 Å². The summed E-state index contributed by atoms with van der Waals surface area (Å²) >= 11 is 6.41. The molecule has 4 rings (SSSR count). The fourth-order valence-electron chi connectivity index (χ4n) is 3.97. The summed E-state index contributed by atoms with van der Waals surface area (Å²) in [5, 5.41) is 15.3. The van der Waals surface area contributed by atoms with E-state index >= 15 is 0 Å². The van der Waals surface area contributed by atoms with Gasteiger partial charge in [0.2, 0.25) is 0 Å². The van der Waals surface area contributed by atoms with Crippen molar-refractivity contribution in [3.8, 4) is 0 Å². The van der Waals surface area contributed by atoms with Gasteiger partial charge in [-0.15, -0.1) is 0 Å². The summed E-state index contributed by atoms with van der Waals surface area (Å²) in [5.74, 6) is 0.639. The van der Waals surface area contributed by atoms with Crippen LogP contribution in [0.3, 0.4) is 0 Å². The highest BCUT2D eigenvalue weighted by molar-refractivity contribution is 6.31. The van der Waals surface area contributed by atoms with Gasteiger partial charge in [0.05, 0.1) is 11.0 Å². The lowest BCUT2D eigenvalue weighted by Crippen LogP contribution is -2.29. The predicted octanol–water partition coefficient (Wildman–Crippen LogP) is 5.38. The summed E-state index contributed by atoms with van der Waals surface area (Å²) in [6.07, 6.45) is 5.39. The van der Waals surface area contributed by atoms with Gasteiger partial charge in [-0.2, -0.15) is 0 Å². The van der Waals surface area contributed by atoms with E-state index in [2.05, 4.69) is 42.6 Å². The molecule has 0 aromatic heterocycles. The van der Waals surface area contributed by atoms with Crippen LogP contribution in [0.5, 0.6) is 0 Å². The van der Waals surface area contributed by atoms with Gasteiger partial charge in [0.15, 0.2) is 0 Å². The first-order valence-electron chi connectivity index (χ1n) is 8.03. The Morgan fingerprint density at radius 3 is 2.88 bits per heavy atom. The zero-order valence-electron chi connectivity index (χ0n) is 13.2. The van der Waals surface area contributed by atoms with E-state index in [1.165, 1.54) is 17.2 Å². The Bertz CT molecular complexity index is 862. The number of benzene rings is 2. The Balaban J connectivity index is 1.84. The maximum Gasteiger partial charge on any atom is 0.269 e. The standard InChI is InChI=1S/C19H17ClN2O2/c1-11-4-2-6-14-13-5-3-7-15(13)19(21-18(11)14)16-10-12(22(23)24)8-9-17(16)20/h2-6,8-10,13,15,19,21H,7H2,1H3/t13-,15-,19+/m0/s1. The zero-order valence-corrected chi connectivity index (χ0v) is 14.0. The van der Waals surface area contributed by atoms with Gasteiger partial charge in [-0.25, -0.2) is 0 Å². The number of allylic oxidation sites excluding steroid dienone is 2. The number of para-hydroxylation sites is 1. The molecule has 2 aliphatic rings. The van der Waals surface area contributed by atoms with Crippen LogP contribution < -0.4 is 5.32 Å². The summed E-state index contributed by atoms with van der Waals surface area (Å²) in [7, 11) is 0. The second-order valence-electron chi connectivity index (χ2n) is 6.48. The topological polar surface area (TPSA) is 55.2 Å². The average Bonchev–Trinajstić information content (AvgIpc) is 3.05. The number of aryl methyl sites for hydroxylation is 1. The summed E-state index contributed by atoms with van der Waals surface area (Å²) in [6, 6.07) is 11.0. The number of nitro benzene ring substituents is 1. The van der Waals surface area contributed by atoms with E-state index in [0.29, 0.717) is 16.9 Å². The van der Waals surface area contributed by atoms with Crippen LogP contribution >= 0.6 is 11.6 Å². The van der Waals surface area contributed by atoms with Crippen LogP contribution in [0.25, 0.3) is 0 Å². The van der Waals surface area contributed by atoms with Crippen LogP contribution in [0.4, 0.5) is 11.4 Å². The number of rotatable bonds is 2. The van der Waals surface area contributed by atoms with Gasteiger partial charge < -0.3 is 5.32 Å². The smallest absolute Gasteiger partial charge is 0.269 e. The molecule has 0 bridgehead atoms. The Kier molecular flexibility index (Phi) is 3.57. The van der Waals surface area contributed by atoms with Gasteiger partial charge in [-0.3, -0.25) is 10.1 Å². The SMILES string of the molecule is Cc1cccc2c1N[C@@H](c1cc([N+](=O)[O-])ccc1Cl)[C@H]1CC=C[C@@H]21. The molecule has 24 heavy (non-hydrogen) atoms. The zero-order chi connectivity index (χ0) is 16.8. The highest BCUT2D eigenvalue weighted by Gasteiger charge is 2.39. The van der Waals surface area contributed by atoms with E-state index in [0.717, 1.165) is 17.7 Å². The van der Waals surface area contributed by atoms with Gasteiger partial charge >= 0.3 is 0 Å². The summed E-state index contributed by atoms with van der Waals surface area (Å²) in [4.78, 5) is 10.8. The monoisotopic (exact) mass is 340 g/mol. The summed E-state index contributed by atoms with van der Waals surface area (Å²) in [6.45, 7) is 2.08. The third kappa shape index (κ3) is 2.29. The number of fused-ring (bicyclic) bond motifs is 3. The molecule has 2 aromatic carbocycles. The second-order valence-corrected chi connectivity index (χ2v) is 6.88. The lowest BCUT2D eigenvalue weighted by Gasteiger charge is -2.38. The molecule has 1 aliphatic heterocycles. The molecule has 122 valence electrons. The van der Waals surface area contributed by atoms with Crippen LogP contribution in [0.15, 0.2) is 48.6 Å². The van der Waals surface area contributed by atoms with E-state index in [1.54, 1.807) is 12.1 Å². The van der Waals surface area contributed by atoms with Crippen LogP contribution in [0.2, 0.25) is 5.02 Å². The molecule has 0 saturated carbocycles. The molecule has 1 N–H and O–H groups in total. The Labute approximate surface area is 145 Å². The molecule has 0 fully saturated rings. The van der Waals surface area contributed by atoms with Crippen molar-refractivity contribution < 1.29 is 4.92 Å². The predicted molar refractivity (Wildman–Crippen MR) is 95.6 cm³/mol. The number of nitro groups is 1. The Morgan fingerprint density at radius 2 is 2.08 bits per heavy atom. The fourth-order valence-corrected chi connectivity index (χ4v) is 4.20. The Morgan fingerprint density at radius 1 is 1.25 bits per heavy atom. The number of hydrogen-bond donors (Lipinski definition) is 1. The van der Waals surface area contributed by atoms with Crippen molar-refractivity contribution in [2.24, 2.45) is 5.92 Å². The van der Waals surface area contributed by atoms with Gasteiger partial charge in [0.1, 0.15) is 0 Å². The first-order valence-corrected chi connectivity index (χ1v) is 8.40. The average molecular weight is 341 g/mol. The van der Waals surface area contributed by atoms with E-state index in [-0.39, 0.29) is 16.7 Å². The molecule has 2 aromatic rings. The third-order valence-electron chi connectivity index (χ3n) is 5.13. The van der Waals surface area contributed by atoms with Gasteiger partial charge in [-0.1, -0.05) is 42.0 Å². The third-order valence-corrected chi connectivity index (χ3v) is 5.47. The van der Waals surface area contributed by atoms with Gasteiger partial charge in [0.25, 0.3) is 5.69 Å². The molecule has 4 nitrogen and oxygen atoms in total. The normalized spacial score (nSPS) is 24.2. The van der Waals surface area contributed by atoms with Crippen LogP contribution in [0, 0.1) is 23.0 Å². The molecule has 0 spiro atoms. The van der Waals surface area contributed by atoms with Crippen LogP contribution in [-0.4, -0.2) is 4.92 Å². The highest BCUT2D eigenvalue weighted by Crippen LogP contribution is 2.51. The van der Waals surface area contributed by atoms with Crippen LogP contribution in [0.1, 0.15) is 35.1 Å². The van der Waals surface area contributed by atoms with E-state index in [4.69, 9.17) is 11.6 Å². The quantitative estimate of drug-likeness (QED) is 0.453. The van der Waals surface area contributed by atoms with Crippen molar-refractivity contribution in [2.75, 3.05) is 5.32 Å². The van der Waals surface area contributed by atoms with Crippen molar-refractivity contribution >= 4 is 23.0 Å². The maximum absolute atomic E-state index is 11.2. The number of non-ortho nitro benzene ring substituents is 1. The molecule has 0 radical (unpaired) electrons. The van der Waals surface area contributed by atoms with Crippen molar-refractivity contribution in [2.45, 2.75) is 25.3 Å². The molecular formula is C19H17ClN2O2. The second kappa shape index (κ2) is 5.64. The van der Waals surface area contributed by atoms with E-state index < -0.39 is 0 Å². The Hall–Kier alpha value is -2.33. The van der Waals surface area contributed by atoms with Crippen LogP contribution in [-0.2, 0) is 0 Å². The number of hydrogen-bond acceptors (Lipinski definition) is 3. The van der Waals surface area contributed by atoms with Gasteiger partial charge in [0, 0.05) is 34.3 Å². The minimum atomic E-state index is -0.369. The highest BCUT2D eigenvalue weighted by atomic mass is 35.5. The summed E-state index contributed by atoms with van der Waals surface area (Å²) in [5.41, 5.74) is 4.48. The van der Waals surface area contributed by atoms with Crippen molar-refractivity contribution in [1.29, 1.82) is 0 Å². The van der Waals surface area contributed by atoms with E-state index in [1.807, 2.05) is 0 Å². The molecule has 0 amide bonds. The molecule has 0 unspecified atom stereocenters. The number of nitrogens with zero attached hydrogens (tertiary/aromatic N) is 1. The molecule has 1 aliphatic carbocycles. The molecular weight excluding hydrogens is 324 g/mol. The molecule has 5 heteroatoms. The molecule has 3 atom stereocenters. The lowest BCUT2D eigenvalue weighted by atomic mass is 9.76. The number of nitrogens with one attached hydrogen (secondary N) is 1. The van der Waals surface area contributed by atoms with Gasteiger partial charge in [-0.05, 0) is 36.5 Å². The fraction of sp³-hybridized carbons (Fsp3) is 0.263. The largest absolute Gasteiger partial charge is 0.377 e. The minimum absolute atomic E-state index is 0.0361. The van der Waals surface area contributed by atoms with Crippen molar-refractivity contribution in [3.63, 3.8) is 0 Å². The molecule has 1 heterocycles. The number of halogens is 1. The lowest BCUT2D eigenvalue weighted by molar-refractivity contribution is -0.384. The summed E-state index contributed by atoms with van der Waals surface area (Å²) < 4.78 is 0. The number of anilines is 1. The molecule has 0 saturated heterocycles. The minimum Gasteiger partial charge on any atom is -0.377 e. The van der Waals surface area contributed by atoms with Crippen molar-refractivity contribution in [1.82, 2.24) is 0 Å². The first kappa shape index (κ1) is 15.2. The first-order chi connectivity index (χ1) is 11.6.